The fourth-order valence-electron chi connectivity index (χ4n) is 2.34. The van der Waals surface area contributed by atoms with Gasteiger partial charge < -0.3 is 19.5 Å². The summed E-state index contributed by atoms with van der Waals surface area (Å²) in [6.07, 6.45) is 0. The normalized spacial score (nSPS) is 13.3. The number of esters is 1. The lowest BCUT2D eigenvalue weighted by Gasteiger charge is -2.11. The number of nitrogens with one attached hydrogen (secondary N) is 1. The quantitative estimate of drug-likeness (QED) is 0.427. The number of anilines is 1. The summed E-state index contributed by atoms with van der Waals surface area (Å²) in [5.74, 6) is -0.854. The number of hydrogen-bond acceptors (Lipinski definition) is 6. The van der Waals surface area contributed by atoms with Crippen LogP contribution in [0.15, 0.2) is 60.0 Å². The van der Waals surface area contributed by atoms with Crippen LogP contribution in [0.3, 0.4) is 0 Å². The Balaban J connectivity index is 1.59. The van der Waals surface area contributed by atoms with Gasteiger partial charge in [-0.3, -0.25) is 4.79 Å². The average molecular weight is 408 g/mol. The van der Waals surface area contributed by atoms with Crippen LogP contribution in [0.1, 0.15) is 0 Å². The van der Waals surface area contributed by atoms with Crippen molar-refractivity contribution >= 4 is 40.6 Å². The summed E-state index contributed by atoms with van der Waals surface area (Å²) in [5.41, 5.74) is 0.527. The fourth-order valence-corrected chi connectivity index (χ4v) is 2.84. The van der Waals surface area contributed by atoms with Crippen molar-refractivity contribution < 1.29 is 23.8 Å². The minimum atomic E-state index is -0.787. The molecule has 2 aromatic rings. The smallest absolute Gasteiger partial charge is 0.347 e. The van der Waals surface area contributed by atoms with Gasteiger partial charge in [-0.15, -0.1) is 0 Å². The fraction of sp³-hybridized carbons (Fsp3) is 0.158. The van der Waals surface area contributed by atoms with Crippen molar-refractivity contribution in [1.29, 1.82) is 0 Å². The Labute approximate surface area is 165 Å². The van der Waals surface area contributed by atoms with E-state index in [1.54, 1.807) is 30.3 Å². The van der Waals surface area contributed by atoms with Gasteiger partial charge in [0.25, 0.3) is 0 Å². The summed E-state index contributed by atoms with van der Waals surface area (Å²) >= 11 is 12.0. The van der Waals surface area contributed by atoms with E-state index in [4.69, 9.17) is 37.4 Å². The minimum Gasteiger partial charge on any atom is -0.487 e. The zero-order valence-electron chi connectivity index (χ0n) is 14.0. The molecule has 0 aliphatic carbocycles. The molecule has 0 saturated heterocycles. The molecule has 0 atom stereocenters. The van der Waals surface area contributed by atoms with Crippen molar-refractivity contribution in [2.75, 3.05) is 25.1 Å². The summed E-state index contributed by atoms with van der Waals surface area (Å²) < 4.78 is 15.8. The molecule has 0 unspecified atom stereocenters. The standard InChI is InChI=1S/C19H15Cl2NO5/c20-13-7-4-8-14(21)17(13)25-9-10-26-19(24)16-15(23)11-27-18(16)22-12-5-2-1-3-6-12/h1-8,22H,9-11H2. The Morgan fingerprint density at radius 2 is 1.74 bits per heavy atom. The van der Waals surface area contributed by atoms with E-state index < -0.39 is 11.8 Å². The Morgan fingerprint density at radius 3 is 2.44 bits per heavy atom. The van der Waals surface area contributed by atoms with Crippen LogP contribution in [0.25, 0.3) is 0 Å². The molecule has 0 aromatic heterocycles. The molecule has 1 aliphatic rings. The van der Waals surface area contributed by atoms with Gasteiger partial charge in [-0.05, 0) is 24.3 Å². The highest BCUT2D eigenvalue weighted by molar-refractivity contribution is 6.37. The van der Waals surface area contributed by atoms with E-state index in [0.717, 1.165) is 0 Å². The third-order valence-corrected chi connectivity index (χ3v) is 4.17. The molecule has 0 amide bonds. The van der Waals surface area contributed by atoms with Gasteiger partial charge in [-0.25, -0.2) is 4.79 Å². The van der Waals surface area contributed by atoms with Gasteiger partial charge in [0.15, 0.2) is 17.9 Å². The molecule has 0 saturated carbocycles. The molecule has 6 nitrogen and oxygen atoms in total. The summed E-state index contributed by atoms with van der Waals surface area (Å²) in [5, 5.41) is 3.61. The summed E-state index contributed by atoms with van der Waals surface area (Å²) in [6, 6.07) is 14.0. The number of carbonyl (C=O) groups is 2. The molecule has 1 N–H and O–H groups in total. The van der Waals surface area contributed by atoms with Gasteiger partial charge in [0, 0.05) is 5.69 Å². The first kappa shape index (κ1) is 19.1. The second kappa shape index (κ2) is 8.79. The maximum absolute atomic E-state index is 12.3. The number of halogens is 2. The molecule has 0 spiro atoms. The Kier molecular flexibility index (Phi) is 6.21. The van der Waals surface area contributed by atoms with Gasteiger partial charge >= 0.3 is 5.97 Å². The number of rotatable bonds is 7. The first-order valence-electron chi connectivity index (χ1n) is 8.02. The van der Waals surface area contributed by atoms with Crippen molar-refractivity contribution in [3.63, 3.8) is 0 Å². The third kappa shape index (κ3) is 4.72. The number of benzene rings is 2. The van der Waals surface area contributed by atoms with Gasteiger partial charge in [0.2, 0.25) is 11.7 Å². The van der Waals surface area contributed by atoms with Crippen molar-refractivity contribution in [3.05, 3.63) is 70.0 Å². The predicted molar refractivity (Wildman–Crippen MR) is 101 cm³/mol. The highest BCUT2D eigenvalue weighted by Gasteiger charge is 2.32. The molecule has 27 heavy (non-hydrogen) atoms. The second-order valence-electron chi connectivity index (χ2n) is 5.44. The van der Waals surface area contributed by atoms with Gasteiger partial charge in [-0.2, -0.15) is 0 Å². The molecule has 3 rings (SSSR count). The molecule has 1 aliphatic heterocycles. The molecule has 1 heterocycles. The highest BCUT2D eigenvalue weighted by atomic mass is 35.5. The molecule has 0 bridgehead atoms. The summed E-state index contributed by atoms with van der Waals surface area (Å²) in [6.45, 7) is -0.278. The van der Waals surface area contributed by atoms with E-state index in [2.05, 4.69) is 5.32 Å². The molecule has 8 heteroatoms. The van der Waals surface area contributed by atoms with Crippen LogP contribution in [-0.4, -0.2) is 31.6 Å². The maximum Gasteiger partial charge on any atom is 0.347 e. The predicted octanol–water partition coefficient (Wildman–Crippen LogP) is 3.84. The monoisotopic (exact) mass is 407 g/mol. The number of hydrogen-bond donors (Lipinski definition) is 1. The number of ether oxygens (including phenoxy) is 3. The van der Waals surface area contributed by atoms with Crippen molar-refractivity contribution in [1.82, 2.24) is 0 Å². The maximum atomic E-state index is 12.3. The highest BCUT2D eigenvalue weighted by Crippen LogP contribution is 2.32. The van der Waals surface area contributed by atoms with Crippen LogP contribution in [0.2, 0.25) is 10.0 Å². The van der Waals surface area contributed by atoms with E-state index in [1.807, 2.05) is 18.2 Å². The van der Waals surface area contributed by atoms with E-state index in [0.29, 0.717) is 21.5 Å². The number of carbonyl (C=O) groups excluding carboxylic acids is 2. The molecule has 0 fully saturated rings. The van der Waals surface area contributed by atoms with Crippen LogP contribution >= 0.6 is 23.2 Å². The van der Waals surface area contributed by atoms with Crippen molar-refractivity contribution in [2.45, 2.75) is 0 Å². The topological polar surface area (TPSA) is 73.9 Å². The molecule has 0 radical (unpaired) electrons. The molecule has 140 valence electrons. The minimum absolute atomic E-state index is 0.0268. The number of para-hydroxylation sites is 2. The number of ketones is 1. The van der Waals surface area contributed by atoms with E-state index in [9.17, 15) is 9.59 Å². The zero-order chi connectivity index (χ0) is 19.2. The summed E-state index contributed by atoms with van der Waals surface area (Å²) in [4.78, 5) is 24.2. The molecular formula is C19H15Cl2NO5. The molecular weight excluding hydrogens is 393 g/mol. The van der Waals surface area contributed by atoms with Crippen LogP contribution in [0.5, 0.6) is 5.75 Å². The van der Waals surface area contributed by atoms with E-state index >= 15 is 0 Å². The lowest BCUT2D eigenvalue weighted by atomic mass is 10.2. The number of Topliss-reactive ketones (excluding diaryl/α,β-unsaturated/α-hetero) is 1. The Bertz CT molecular complexity index is 863. The van der Waals surface area contributed by atoms with E-state index in [1.165, 1.54) is 0 Å². The first-order valence-corrected chi connectivity index (χ1v) is 8.78. The van der Waals surface area contributed by atoms with Gasteiger partial charge in [0.05, 0.1) is 10.0 Å². The van der Waals surface area contributed by atoms with Crippen LogP contribution < -0.4 is 10.1 Å². The summed E-state index contributed by atoms with van der Waals surface area (Å²) in [7, 11) is 0. The Morgan fingerprint density at radius 1 is 1.04 bits per heavy atom. The van der Waals surface area contributed by atoms with Gasteiger partial charge in [-0.1, -0.05) is 47.5 Å². The van der Waals surface area contributed by atoms with Crippen molar-refractivity contribution in [3.8, 4) is 5.75 Å². The van der Waals surface area contributed by atoms with Crippen LogP contribution in [0.4, 0.5) is 5.69 Å². The average Bonchev–Trinajstić information content (AvgIpc) is 3.01. The van der Waals surface area contributed by atoms with Crippen LogP contribution in [0, 0.1) is 0 Å². The SMILES string of the molecule is O=C1COC(Nc2ccccc2)=C1C(=O)OCCOc1c(Cl)cccc1Cl. The van der Waals surface area contributed by atoms with Crippen LogP contribution in [-0.2, 0) is 19.1 Å². The lowest BCUT2D eigenvalue weighted by Crippen LogP contribution is -2.19. The molecule has 2 aromatic carbocycles. The first-order chi connectivity index (χ1) is 13.1. The lowest BCUT2D eigenvalue weighted by molar-refractivity contribution is -0.140. The third-order valence-electron chi connectivity index (χ3n) is 3.57. The second-order valence-corrected chi connectivity index (χ2v) is 6.26. The van der Waals surface area contributed by atoms with E-state index in [-0.39, 0.29) is 31.3 Å². The zero-order valence-corrected chi connectivity index (χ0v) is 15.5. The largest absolute Gasteiger partial charge is 0.487 e. The Hall–Kier alpha value is -2.70. The van der Waals surface area contributed by atoms with Gasteiger partial charge in [0.1, 0.15) is 13.2 Å². The van der Waals surface area contributed by atoms with Crippen molar-refractivity contribution in [2.24, 2.45) is 0 Å².